The number of aromatic nitrogens is 1. The summed E-state index contributed by atoms with van der Waals surface area (Å²) in [7, 11) is 0. The second-order valence-corrected chi connectivity index (χ2v) is 5.61. The van der Waals surface area contributed by atoms with Crippen molar-refractivity contribution in [2.45, 2.75) is 32.7 Å². The number of hydrogen-bond donors (Lipinski definition) is 1. The third-order valence-electron chi connectivity index (χ3n) is 3.51. The fourth-order valence-electron chi connectivity index (χ4n) is 2.28. The SMILES string of the molecule is Cc1ncsc1C(=O)N1CCC(C(C)N)CC1. The quantitative estimate of drug-likeness (QED) is 0.872. The van der Waals surface area contributed by atoms with E-state index in [0.717, 1.165) is 36.5 Å². The Hall–Kier alpha value is -0.940. The number of piperidine rings is 1. The number of thiazole rings is 1. The van der Waals surface area contributed by atoms with Gasteiger partial charge in [0.15, 0.2) is 0 Å². The molecule has 5 heteroatoms. The number of aryl methyl sites for hydroxylation is 1. The lowest BCUT2D eigenvalue weighted by Gasteiger charge is -2.33. The molecule has 17 heavy (non-hydrogen) atoms. The zero-order valence-corrected chi connectivity index (χ0v) is 11.2. The first kappa shape index (κ1) is 12.5. The molecule has 0 spiro atoms. The fraction of sp³-hybridized carbons (Fsp3) is 0.667. The first-order chi connectivity index (χ1) is 8.09. The number of nitrogens with two attached hydrogens (primary N) is 1. The molecule has 94 valence electrons. The predicted octanol–water partition coefficient (Wildman–Crippen LogP) is 1.65. The largest absolute Gasteiger partial charge is 0.338 e. The van der Waals surface area contributed by atoms with E-state index in [9.17, 15) is 4.79 Å². The Labute approximate surface area is 106 Å². The van der Waals surface area contributed by atoms with Crippen LogP contribution in [-0.4, -0.2) is 34.9 Å². The summed E-state index contributed by atoms with van der Waals surface area (Å²) in [4.78, 5) is 19.1. The number of carbonyl (C=O) groups is 1. The normalized spacial score (nSPS) is 19.4. The lowest BCUT2D eigenvalue weighted by atomic mass is 9.91. The van der Waals surface area contributed by atoms with Crippen molar-refractivity contribution in [3.63, 3.8) is 0 Å². The maximum atomic E-state index is 12.2. The van der Waals surface area contributed by atoms with Gasteiger partial charge in [0.25, 0.3) is 5.91 Å². The van der Waals surface area contributed by atoms with E-state index in [1.807, 2.05) is 11.8 Å². The van der Waals surface area contributed by atoms with E-state index in [2.05, 4.69) is 11.9 Å². The van der Waals surface area contributed by atoms with Crippen LogP contribution in [0.5, 0.6) is 0 Å². The highest BCUT2D eigenvalue weighted by molar-refractivity contribution is 7.11. The molecular formula is C12H19N3OS. The minimum absolute atomic E-state index is 0.133. The van der Waals surface area contributed by atoms with Crippen molar-refractivity contribution < 1.29 is 4.79 Å². The maximum absolute atomic E-state index is 12.2. The molecule has 0 aromatic carbocycles. The van der Waals surface area contributed by atoms with Crippen molar-refractivity contribution in [3.05, 3.63) is 16.1 Å². The molecule has 4 nitrogen and oxygen atoms in total. The van der Waals surface area contributed by atoms with Gasteiger partial charge >= 0.3 is 0 Å². The Morgan fingerprint density at radius 3 is 2.71 bits per heavy atom. The van der Waals surface area contributed by atoms with E-state index in [-0.39, 0.29) is 11.9 Å². The van der Waals surface area contributed by atoms with Gasteiger partial charge in [-0.2, -0.15) is 0 Å². The van der Waals surface area contributed by atoms with E-state index in [4.69, 9.17) is 5.73 Å². The van der Waals surface area contributed by atoms with Crippen molar-refractivity contribution in [2.24, 2.45) is 11.7 Å². The van der Waals surface area contributed by atoms with Crippen LogP contribution in [0.1, 0.15) is 35.1 Å². The van der Waals surface area contributed by atoms with E-state index in [0.29, 0.717) is 5.92 Å². The van der Waals surface area contributed by atoms with Gasteiger partial charge in [0, 0.05) is 19.1 Å². The molecule has 0 bridgehead atoms. The molecule has 1 aliphatic heterocycles. The Morgan fingerprint density at radius 2 is 2.24 bits per heavy atom. The fourth-order valence-corrected chi connectivity index (χ4v) is 3.05. The number of nitrogens with zero attached hydrogens (tertiary/aromatic N) is 2. The summed E-state index contributed by atoms with van der Waals surface area (Å²) in [6.45, 7) is 5.58. The van der Waals surface area contributed by atoms with Crippen LogP contribution in [0.15, 0.2) is 5.51 Å². The summed E-state index contributed by atoms with van der Waals surface area (Å²) in [6, 6.07) is 0.234. The van der Waals surface area contributed by atoms with E-state index in [1.54, 1.807) is 5.51 Å². The summed E-state index contributed by atoms with van der Waals surface area (Å²) in [5, 5.41) is 0. The molecular weight excluding hydrogens is 234 g/mol. The Kier molecular flexibility index (Phi) is 3.79. The van der Waals surface area contributed by atoms with Crippen LogP contribution < -0.4 is 5.73 Å². The molecule has 1 fully saturated rings. The van der Waals surface area contributed by atoms with Crippen LogP contribution in [0.4, 0.5) is 0 Å². The summed E-state index contributed by atoms with van der Waals surface area (Å²) in [5.41, 5.74) is 8.47. The van der Waals surface area contributed by atoms with Gasteiger partial charge in [0.05, 0.1) is 11.2 Å². The lowest BCUT2D eigenvalue weighted by Crippen LogP contribution is -2.42. The Bertz CT molecular complexity index is 394. The average molecular weight is 253 g/mol. The van der Waals surface area contributed by atoms with Gasteiger partial charge in [-0.15, -0.1) is 11.3 Å². The predicted molar refractivity (Wildman–Crippen MR) is 69.1 cm³/mol. The first-order valence-electron chi connectivity index (χ1n) is 6.04. The van der Waals surface area contributed by atoms with E-state index >= 15 is 0 Å². The molecule has 1 amide bonds. The molecule has 1 atom stereocenters. The number of rotatable bonds is 2. The summed E-state index contributed by atoms with van der Waals surface area (Å²) in [6.07, 6.45) is 2.03. The topological polar surface area (TPSA) is 59.2 Å². The second-order valence-electron chi connectivity index (χ2n) is 4.76. The summed E-state index contributed by atoms with van der Waals surface area (Å²) >= 11 is 1.43. The molecule has 1 aromatic heterocycles. The molecule has 1 aliphatic rings. The van der Waals surface area contributed by atoms with Crippen LogP contribution in [-0.2, 0) is 0 Å². The number of hydrogen-bond acceptors (Lipinski definition) is 4. The molecule has 0 aliphatic carbocycles. The van der Waals surface area contributed by atoms with Gasteiger partial charge in [0.1, 0.15) is 4.88 Å². The molecule has 1 unspecified atom stereocenters. The van der Waals surface area contributed by atoms with Crippen LogP contribution in [0.25, 0.3) is 0 Å². The van der Waals surface area contributed by atoms with E-state index < -0.39 is 0 Å². The van der Waals surface area contributed by atoms with Crippen LogP contribution in [0.3, 0.4) is 0 Å². The maximum Gasteiger partial charge on any atom is 0.265 e. The minimum atomic E-state index is 0.133. The van der Waals surface area contributed by atoms with Crippen molar-refractivity contribution in [2.75, 3.05) is 13.1 Å². The molecule has 2 heterocycles. The smallest absolute Gasteiger partial charge is 0.265 e. The third-order valence-corrected chi connectivity index (χ3v) is 4.43. The molecule has 1 saturated heterocycles. The standard InChI is InChI=1S/C12H19N3OS/c1-8(13)10-3-5-15(6-4-10)12(16)11-9(2)14-7-17-11/h7-8,10H,3-6,13H2,1-2H3. The lowest BCUT2D eigenvalue weighted by molar-refractivity contribution is 0.0685. The molecule has 2 rings (SSSR count). The van der Waals surface area contributed by atoms with Gasteiger partial charge in [-0.25, -0.2) is 4.98 Å². The zero-order chi connectivity index (χ0) is 12.4. The van der Waals surface area contributed by atoms with E-state index in [1.165, 1.54) is 11.3 Å². The van der Waals surface area contributed by atoms with Crippen LogP contribution in [0.2, 0.25) is 0 Å². The van der Waals surface area contributed by atoms with Crippen LogP contribution in [0, 0.1) is 12.8 Å². The Morgan fingerprint density at radius 1 is 1.59 bits per heavy atom. The average Bonchev–Trinajstić information content (AvgIpc) is 2.74. The number of amides is 1. The minimum Gasteiger partial charge on any atom is -0.338 e. The Balaban J connectivity index is 1.98. The van der Waals surface area contributed by atoms with Gasteiger partial charge in [0.2, 0.25) is 0 Å². The molecule has 2 N–H and O–H groups in total. The van der Waals surface area contributed by atoms with Crippen LogP contribution >= 0.6 is 11.3 Å². The highest BCUT2D eigenvalue weighted by atomic mass is 32.1. The third kappa shape index (κ3) is 2.66. The van der Waals surface area contributed by atoms with Crippen molar-refractivity contribution in [1.82, 2.24) is 9.88 Å². The van der Waals surface area contributed by atoms with Crippen molar-refractivity contribution in [1.29, 1.82) is 0 Å². The van der Waals surface area contributed by atoms with Gasteiger partial charge in [-0.1, -0.05) is 0 Å². The zero-order valence-electron chi connectivity index (χ0n) is 10.3. The summed E-state index contributed by atoms with van der Waals surface area (Å²) < 4.78 is 0. The van der Waals surface area contributed by atoms with Crippen molar-refractivity contribution in [3.8, 4) is 0 Å². The first-order valence-corrected chi connectivity index (χ1v) is 6.92. The molecule has 0 radical (unpaired) electrons. The second kappa shape index (κ2) is 5.14. The highest BCUT2D eigenvalue weighted by Crippen LogP contribution is 2.23. The van der Waals surface area contributed by atoms with Crippen molar-refractivity contribution >= 4 is 17.2 Å². The van der Waals surface area contributed by atoms with Gasteiger partial charge in [-0.05, 0) is 32.6 Å². The number of likely N-dealkylation sites (tertiary alicyclic amines) is 1. The molecule has 1 aromatic rings. The number of carbonyl (C=O) groups excluding carboxylic acids is 1. The monoisotopic (exact) mass is 253 g/mol. The summed E-state index contributed by atoms with van der Waals surface area (Å²) in [5.74, 6) is 0.690. The highest BCUT2D eigenvalue weighted by Gasteiger charge is 2.26. The molecule has 0 saturated carbocycles. The van der Waals surface area contributed by atoms with Gasteiger partial charge in [-0.3, -0.25) is 4.79 Å². The van der Waals surface area contributed by atoms with Gasteiger partial charge < -0.3 is 10.6 Å².